The molecule has 2 aromatic carbocycles. The van der Waals surface area contributed by atoms with E-state index in [1.165, 1.54) is 31.4 Å². The van der Waals surface area contributed by atoms with Crippen LogP contribution in [0.1, 0.15) is 5.56 Å². The first kappa shape index (κ1) is 18.0. The van der Waals surface area contributed by atoms with E-state index in [9.17, 15) is 14.9 Å². The number of rotatable bonds is 5. The molecule has 0 aromatic heterocycles. The zero-order valence-electron chi connectivity index (χ0n) is 12.5. The van der Waals surface area contributed by atoms with Gasteiger partial charge in [-0.1, -0.05) is 27.5 Å². The van der Waals surface area contributed by atoms with E-state index in [1.54, 1.807) is 18.2 Å². The predicted octanol–water partition coefficient (Wildman–Crippen LogP) is 4.67. The highest BCUT2D eigenvalue weighted by Gasteiger charge is 2.13. The van der Waals surface area contributed by atoms with Crippen molar-refractivity contribution >= 4 is 50.9 Å². The van der Waals surface area contributed by atoms with Gasteiger partial charge in [-0.05, 0) is 36.4 Å². The molecule has 0 heterocycles. The first-order chi connectivity index (χ1) is 11.4. The van der Waals surface area contributed by atoms with Crippen molar-refractivity contribution in [3.8, 4) is 5.75 Å². The monoisotopic (exact) mass is 410 g/mol. The van der Waals surface area contributed by atoms with Gasteiger partial charge in [-0.15, -0.1) is 0 Å². The number of benzene rings is 2. The molecule has 0 atom stereocenters. The van der Waals surface area contributed by atoms with Crippen LogP contribution in [0, 0.1) is 10.1 Å². The van der Waals surface area contributed by atoms with E-state index in [0.29, 0.717) is 11.3 Å². The minimum Gasteiger partial charge on any atom is -0.496 e. The number of amides is 1. The summed E-state index contributed by atoms with van der Waals surface area (Å²) in [6.07, 6.45) is 2.90. The van der Waals surface area contributed by atoms with E-state index in [1.807, 2.05) is 6.07 Å². The number of nitro groups is 1. The van der Waals surface area contributed by atoms with Crippen molar-refractivity contribution in [2.75, 3.05) is 12.4 Å². The van der Waals surface area contributed by atoms with Crippen LogP contribution in [0.2, 0.25) is 5.02 Å². The van der Waals surface area contributed by atoms with Gasteiger partial charge < -0.3 is 10.1 Å². The molecule has 0 spiro atoms. The van der Waals surface area contributed by atoms with Crippen LogP contribution in [0.3, 0.4) is 0 Å². The predicted molar refractivity (Wildman–Crippen MR) is 96.5 cm³/mol. The molecule has 2 rings (SSSR count). The lowest BCUT2D eigenvalue weighted by Gasteiger charge is -2.05. The molecule has 0 aliphatic carbocycles. The van der Waals surface area contributed by atoms with Crippen LogP contribution >= 0.6 is 27.5 Å². The Kier molecular flexibility index (Phi) is 5.94. The Hall–Kier alpha value is -2.38. The molecule has 2 aromatic rings. The molecule has 0 saturated carbocycles. The Morgan fingerprint density at radius 3 is 2.75 bits per heavy atom. The van der Waals surface area contributed by atoms with Crippen molar-refractivity contribution in [1.82, 2.24) is 0 Å². The molecular formula is C16H12BrClN2O4. The summed E-state index contributed by atoms with van der Waals surface area (Å²) in [5.41, 5.74) is 0.721. The smallest absolute Gasteiger partial charge is 0.289 e. The number of carbonyl (C=O) groups is 1. The topological polar surface area (TPSA) is 81.5 Å². The summed E-state index contributed by atoms with van der Waals surface area (Å²) >= 11 is 9.08. The number of carbonyl (C=O) groups excluding carboxylic acids is 1. The Balaban J connectivity index is 2.15. The number of methoxy groups -OCH3 is 1. The van der Waals surface area contributed by atoms with Crippen molar-refractivity contribution < 1.29 is 14.5 Å². The summed E-state index contributed by atoms with van der Waals surface area (Å²) in [7, 11) is 1.54. The summed E-state index contributed by atoms with van der Waals surface area (Å²) in [5.74, 6) is 0.179. The maximum absolute atomic E-state index is 12.0. The third-order valence-corrected chi connectivity index (χ3v) is 3.83. The third-order valence-electron chi connectivity index (χ3n) is 3.02. The lowest BCUT2D eigenvalue weighted by molar-refractivity contribution is -0.384. The van der Waals surface area contributed by atoms with Crippen LogP contribution in [0.5, 0.6) is 5.75 Å². The highest BCUT2D eigenvalue weighted by atomic mass is 79.9. The number of nitro benzene ring substituents is 1. The summed E-state index contributed by atoms with van der Waals surface area (Å²) in [5, 5.41) is 13.4. The summed E-state index contributed by atoms with van der Waals surface area (Å²) < 4.78 is 6.06. The van der Waals surface area contributed by atoms with Gasteiger partial charge in [0.1, 0.15) is 10.8 Å². The normalized spacial score (nSPS) is 10.6. The molecule has 24 heavy (non-hydrogen) atoms. The Labute approximate surface area is 151 Å². The van der Waals surface area contributed by atoms with Crippen LogP contribution < -0.4 is 10.1 Å². The lowest BCUT2D eigenvalue weighted by Crippen LogP contribution is -2.08. The zero-order valence-corrected chi connectivity index (χ0v) is 14.8. The summed E-state index contributed by atoms with van der Waals surface area (Å²) in [6.45, 7) is 0. The van der Waals surface area contributed by atoms with Gasteiger partial charge in [-0.2, -0.15) is 0 Å². The van der Waals surface area contributed by atoms with E-state index in [2.05, 4.69) is 21.2 Å². The number of hydrogen-bond acceptors (Lipinski definition) is 4. The average Bonchev–Trinajstić information content (AvgIpc) is 2.54. The number of halogens is 2. The van der Waals surface area contributed by atoms with Crippen molar-refractivity contribution in [2.45, 2.75) is 0 Å². The molecule has 6 nitrogen and oxygen atoms in total. The first-order valence-electron chi connectivity index (χ1n) is 6.67. The Morgan fingerprint density at radius 2 is 2.08 bits per heavy atom. The number of hydrogen-bond donors (Lipinski definition) is 1. The second kappa shape index (κ2) is 7.94. The molecule has 0 bridgehead atoms. The van der Waals surface area contributed by atoms with Gasteiger partial charge in [0.05, 0.1) is 12.0 Å². The number of anilines is 1. The third kappa shape index (κ3) is 4.56. The summed E-state index contributed by atoms with van der Waals surface area (Å²) in [6, 6.07) is 9.44. The molecule has 1 N–H and O–H groups in total. The van der Waals surface area contributed by atoms with Gasteiger partial charge in [-0.25, -0.2) is 0 Å². The number of ether oxygens (including phenoxy) is 1. The van der Waals surface area contributed by atoms with Crippen LogP contribution in [0.15, 0.2) is 46.9 Å². The van der Waals surface area contributed by atoms with Crippen molar-refractivity contribution in [3.05, 3.63) is 67.6 Å². The van der Waals surface area contributed by atoms with Crippen LogP contribution in [-0.4, -0.2) is 17.9 Å². The van der Waals surface area contributed by atoms with E-state index >= 15 is 0 Å². The van der Waals surface area contributed by atoms with Crippen LogP contribution in [0.25, 0.3) is 6.08 Å². The Morgan fingerprint density at radius 1 is 1.33 bits per heavy atom. The maximum Gasteiger partial charge on any atom is 0.289 e. The standard InChI is InChI=1S/C16H12BrClN2O4/c1-24-15-6-3-11(17)8-10(15)2-7-16(21)19-12-4-5-13(18)14(9-12)20(22)23/h2-9H,1H3,(H,19,21). The average molecular weight is 412 g/mol. The van der Waals surface area contributed by atoms with Gasteiger partial charge in [0, 0.05) is 27.9 Å². The molecule has 0 fully saturated rings. The van der Waals surface area contributed by atoms with Gasteiger partial charge in [-0.3, -0.25) is 14.9 Å². The molecule has 0 unspecified atom stereocenters. The summed E-state index contributed by atoms with van der Waals surface area (Å²) in [4.78, 5) is 22.2. The Bertz CT molecular complexity index is 824. The van der Waals surface area contributed by atoms with Gasteiger partial charge >= 0.3 is 0 Å². The fourth-order valence-corrected chi connectivity index (χ4v) is 2.48. The van der Waals surface area contributed by atoms with Gasteiger partial charge in [0.2, 0.25) is 5.91 Å². The molecule has 0 aliphatic rings. The van der Waals surface area contributed by atoms with Crippen molar-refractivity contribution in [3.63, 3.8) is 0 Å². The molecule has 8 heteroatoms. The van der Waals surface area contributed by atoms with E-state index < -0.39 is 10.8 Å². The van der Waals surface area contributed by atoms with E-state index in [0.717, 1.165) is 4.47 Å². The second-order valence-corrected chi connectivity index (χ2v) is 5.96. The van der Waals surface area contributed by atoms with Gasteiger partial charge in [0.25, 0.3) is 5.69 Å². The van der Waals surface area contributed by atoms with Crippen molar-refractivity contribution in [2.24, 2.45) is 0 Å². The SMILES string of the molecule is COc1ccc(Br)cc1C=CC(=O)Nc1ccc(Cl)c([N+](=O)[O-])c1. The van der Waals surface area contributed by atoms with Crippen LogP contribution in [-0.2, 0) is 4.79 Å². The fraction of sp³-hybridized carbons (Fsp3) is 0.0625. The molecule has 0 radical (unpaired) electrons. The maximum atomic E-state index is 12.0. The minimum atomic E-state index is -0.611. The van der Waals surface area contributed by atoms with Gasteiger partial charge in [0.15, 0.2) is 0 Å². The molecule has 0 saturated heterocycles. The first-order valence-corrected chi connectivity index (χ1v) is 7.84. The van der Waals surface area contributed by atoms with Crippen molar-refractivity contribution in [1.29, 1.82) is 0 Å². The number of nitrogens with one attached hydrogen (secondary N) is 1. The molecular weight excluding hydrogens is 400 g/mol. The lowest BCUT2D eigenvalue weighted by atomic mass is 10.2. The highest BCUT2D eigenvalue weighted by Crippen LogP contribution is 2.27. The fourth-order valence-electron chi connectivity index (χ4n) is 1.92. The molecule has 1 amide bonds. The highest BCUT2D eigenvalue weighted by molar-refractivity contribution is 9.10. The second-order valence-electron chi connectivity index (χ2n) is 4.63. The largest absolute Gasteiger partial charge is 0.496 e. The number of nitrogens with zero attached hydrogens (tertiary/aromatic N) is 1. The quantitative estimate of drug-likeness (QED) is 0.440. The van der Waals surface area contributed by atoms with E-state index in [4.69, 9.17) is 16.3 Å². The molecule has 124 valence electrons. The minimum absolute atomic E-state index is 0.00686. The molecule has 0 aliphatic heterocycles. The van der Waals surface area contributed by atoms with Crippen LogP contribution in [0.4, 0.5) is 11.4 Å². The van der Waals surface area contributed by atoms with E-state index in [-0.39, 0.29) is 16.4 Å². The zero-order chi connectivity index (χ0) is 17.7.